The lowest BCUT2D eigenvalue weighted by Gasteiger charge is -2.32. The smallest absolute Gasteiger partial charge is 0.399 e. The van der Waals surface area contributed by atoms with E-state index in [0.29, 0.717) is 18.0 Å². The minimum absolute atomic E-state index is 0.0842. The summed E-state index contributed by atoms with van der Waals surface area (Å²) < 4.78 is 12.1. The van der Waals surface area contributed by atoms with E-state index in [4.69, 9.17) is 9.31 Å². The summed E-state index contributed by atoms with van der Waals surface area (Å²) in [5.74, 6) is 0.326. The van der Waals surface area contributed by atoms with Gasteiger partial charge in [-0.1, -0.05) is 32.0 Å². The molecule has 1 aromatic rings. The molecular formula is C17H26BNO3. The molecule has 22 heavy (non-hydrogen) atoms. The zero-order valence-corrected chi connectivity index (χ0v) is 14.4. The predicted octanol–water partition coefficient (Wildman–Crippen LogP) is 2.37. The van der Waals surface area contributed by atoms with E-state index >= 15 is 0 Å². The highest BCUT2D eigenvalue weighted by atomic mass is 16.7. The molecule has 0 radical (unpaired) electrons. The molecule has 1 amide bonds. The number of amides is 1. The average Bonchev–Trinajstić information content (AvgIpc) is 2.64. The molecule has 0 spiro atoms. The molecule has 4 nitrogen and oxygen atoms in total. The van der Waals surface area contributed by atoms with E-state index in [-0.39, 0.29) is 5.91 Å². The lowest BCUT2D eigenvalue weighted by atomic mass is 9.75. The van der Waals surface area contributed by atoms with Crippen LogP contribution in [0.5, 0.6) is 0 Å². The first kappa shape index (κ1) is 17.0. The number of benzene rings is 1. The highest BCUT2D eigenvalue weighted by molar-refractivity contribution is 6.63. The van der Waals surface area contributed by atoms with Crippen LogP contribution < -0.4 is 10.8 Å². The minimum atomic E-state index is -0.522. The predicted molar refractivity (Wildman–Crippen MR) is 89.3 cm³/mol. The molecule has 1 saturated heterocycles. The molecule has 120 valence electrons. The Bertz CT molecular complexity index is 539. The van der Waals surface area contributed by atoms with Crippen LogP contribution >= 0.6 is 0 Å². The third-order valence-corrected chi connectivity index (χ3v) is 4.38. The quantitative estimate of drug-likeness (QED) is 0.869. The van der Waals surface area contributed by atoms with Gasteiger partial charge in [-0.15, -0.1) is 0 Å². The summed E-state index contributed by atoms with van der Waals surface area (Å²) in [6.07, 6.45) is 0. The van der Waals surface area contributed by atoms with Gasteiger partial charge < -0.3 is 14.6 Å². The molecular weight excluding hydrogens is 277 g/mol. The summed E-state index contributed by atoms with van der Waals surface area (Å²) in [5.41, 5.74) is 0.558. The molecule has 0 aliphatic carbocycles. The van der Waals surface area contributed by atoms with Crippen molar-refractivity contribution in [2.24, 2.45) is 5.92 Å². The van der Waals surface area contributed by atoms with Crippen molar-refractivity contribution in [2.45, 2.75) is 52.7 Å². The van der Waals surface area contributed by atoms with Gasteiger partial charge in [0.15, 0.2) is 0 Å². The van der Waals surface area contributed by atoms with E-state index < -0.39 is 18.3 Å². The van der Waals surface area contributed by atoms with Crippen LogP contribution in [0.2, 0.25) is 0 Å². The van der Waals surface area contributed by atoms with E-state index in [2.05, 4.69) is 19.2 Å². The summed E-state index contributed by atoms with van der Waals surface area (Å²) in [5, 5.41) is 2.95. The number of carbonyl (C=O) groups excluding carboxylic acids is 1. The van der Waals surface area contributed by atoms with Gasteiger partial charge in [0, 0.05) is 12.1 Å². The van der Waals surface area contributed by atoms with E-state index in [0.717, 1.165) is 5.46 Å². The van der Waals surface area contributed by atoms with Crippen LogP contribution in [0.25, 0.3) is 0 Å². The number of hydrogen-bond donors (Lipinski definition) is 1. The lowest BCUT2D eigenvalue weighted by Crippen LogP contribution is -2.41. The SMILES string of the molecule is CC(C)CNC(=O)c1ccccc1B1OC(C)(C)C(C)(C)O1. The van der Waals surface area contributed by atoms with Crippen LogP contribution in [0, 0.1) is 5.92 Å². The molecule has 0 bridgehead atoms. The van der Waals surface area contributed by atoms with Gasteiger partial charge in [-0.25, -0.2) is 0 Å². The Labute approximate surface area is 133 Å². The van der Waals surface area contributed by atoms with Gasteiger partial charge in [0.05, 0.1) is 11.2 Å². The Morgan fingerprint density at radius 1 is 1.14 bits per heavy atom. The Morgan fingerprint density at radius 3 is 2.23 bits per heavy atom. The second-order valence-electron chi connectivity index (χ2n) is 7.28. The van der Waals surface area contributed by atoms with Gasteiger partial charge in [-0.05, 0) is 45.1 Å². The van der Waals surface area contributed by atoms with Crippen molar-refractivity contribution in [2.75, 3.05) is 6.54 Å². The van der Waals surface area contributed by atoms with Gasteiger partial charge in [0.2, 0.25) is 0 Å². The van der Waals surface area contributed by atoms with Crippen LogP contribution in [0.1, 0.15) is 51.9 Å². The van der Waals surface area contributed by atoms with Crippen molar-refractivity contribution in [3.63, 3.8) is 0 Å². The molecule has 1 N–H and O–H groups in total. The van der Waals surface area contributed by atoms with Crippen LogP contribution in [0.4, 0.5) is 0 Å². The van der Waals surface area contributed by atoms with Crippen molar-refractivity contribution in [1.29, 1.82) is 0 Å². The summed E-state index contributed by atoms with van der Waals surface area (Å²) in [6, 6.07) is 7.47. The molecule has 1 aliphatic heterocycles. The third kappa shape index (κ3) is 3.36. The fraction of sp³-hybridized carbons (Fsp3) is 0.588. The standard InChI is InChI=1S/C17H26BNO3/c1-12(2)11-19-15(20)13-9-7-8-10-14(13)18-21-16(3,4)17(5,6)22-18/h7-10,12H,11H2,1-6H3,(H,19,20). The van der Waals surface area contributed by atoms with Crippen molar-refractivity contribution < 1.29 is 14.1 Å². The van der Waals surface area contributed by atoms with E-state index in [9.17, 15) is 4.79 Å². The fourth-order valence-electron chi connectivity index (χ4n) is 2.27. The highest BCUT2D eigenvalue weighted by Gasteiger charge is 2.52. The maximum Gasteiger partial charge on any atom is 0.495 e. The summed E-state index contributed by atoms with van der Waals surface area (Å²) in [4.78, 5) is 12.4. The largest absolute Gasteiger partial charge is 0.495 e. The van der Waals surface area contributed by atoms with Crippen LogP contribution in [-0.2, 0) is 9.31 Å². The second-order valence-corrected chi connectivity index (χ2v) is 7.28. The molecule has 0 aromatic heterocycles. The summed E-state index contributed by atoms with van der Waals surface area (Å²) in [6.45, 7) is 12.8. The maximum absolute atomic E-state index is 12.4. The molecule has 2 rings (SSSR count). The summed E-state index contributed by atoms with van der Waals surface area (Å²) in [7, 11) is -0.522. The third-order valence-electron chi connectivity index (χ3n) is 4.38. The first-order valence-corrected chi connectivity index (χ1v) is 7.87. The van der Waals surface area contributed by atoms with Crippen molar-refractivity contribution in [3.8, 4) is 0 Å². The maximum atomic E-state index is 12.4. The molecule has 0 saturated carbocycles. The van der Waals surface area contributed by atoms with Crippen molar-refractivity contribution in [1.82, 2.24) is 5.32 Å². The highest BCUT2D eigenvalue weighted by Crippen LogP contribution is 2.36. The van der Waals surface area contributed by atoms with Gasteiger partial charge in [0.1, 0.15) is 0 Å². The normalized spacial score (nSPS) is 19.5. The molecule has 1 aromatic carbocycles. The van der Waals surface area contributed by atoms with E-state index in [1.54, 1.807) is 0 Å². The average molecular weight is 303 g/mol. The first-order valence-electron chi connectivity index (χ1n) is 7.87. The molecule has 0 atom stereocenters. The first-order chi connectivity index (χ1) is 10.1. The Balaban J connectivity index is 2.25. The Kier molecular flexibility index (Phi) is 4.69. The topological polar surface area (TPSA) is 47.6 Å². The van der Waals surface area contributed by atoms with Gasteiger partial charge in [-0.2, -0.15) is 0 Å². The Hall–Kier alpha value is -1.33. The Morgan fingerprint density at radius 2 is 1.68 bits per heavy atom. The molecule has 0 unspecified atom stereocenters. The van der Waals surface area contributed by atoms with E-state index in [1.807, 2.05) is 52.0 Å². The molecule has 1 heterocycles. The molecule has 1 fully saturated rings. The number of carbonyl (C=O) groups is 1. The fourth-order valence-corrected chi connectivity index (χ4v) is 2.27. The lowest BCUT2D eigenvalue weighted by molar-refractivity contribution is 0.00578. The van der Waals surface area contributed by atoms with Crippen LogP contribution in [0.15, 0.2) is 24.3 Å². The second kappa shape index (κ2) is 6.05. The van der Waals surface area contributed by atoms with Gasteiger partial charge in [0.25, 0.3) is 5.91 Å². The number of nitrogens with one attached hydrogen (secondary N) is 1. The summed E-state index contributed by atoms with van der Waals surface area (Å²) >= 11 is 0. The van der Waals surface area contributed by atoms with Crippen molar-refractivity contribution >= 4 is 18.5 Å². The molecule has 5 heteroatoms. The number of hydrogen-bond acceptors (Lipinski definition) is 3. The minimum Gasteiger partial charge on any atom is -0.399 e. The van der Waals surface area contributed by atoms with E-state index in [1.165, 1.54) is 0 Å². The zero-order valence-electron chi connectivity index (χ0n) is 14.4. The molecule has 1 aliphatic rings. The monoisotopic (exact) mass is 303 g/mol. The van der Waals surface area contributed by atoms with Crippen LogP contribution in [0.3, 0.4) is 0 Å². The van der Waals surface area contributed by atoms with Gasteiger partial charge in [-0.3, -0.25) is 4.79 Å². The number of rotatable bonds is 4. The zero-order chi connectivity index (χ0) is 16.5. The van der Waals surface area contributed by atoms with Crippen LogP contribution in [-0.4, -0.2) is 30.8 Å². The van der Waals surface area contributed by atoms with Gasteiger partial charge >= 0.3 is 7.12 Å². The van der Waals surface area contributed by atoms with Crippen molar-refractivity contribution in [3.05, 3.63) is 29.8 Å².